The van der Waals surface area contributed by atoms with E-state index in [-0.39, 0.29) is 5.92 Å². The molecule has 2 aromatic heterocycles. The van der Waals surface area contributed by atoms with Crippen LogP contribution in [0.2, 0.25) is 15.1 Å². The fourth-order valence-corrected chi connectivity index (χ4v) is 5.08. The van der Waals surface area contributed by atoms with Gasteiger partial charge in [-0.1, -0.05) is 53.0 Å². The van der Waals surface area contributed by atoms with Crippen molar-refractivity contribution >= 4 is 46.6 Å². The second-order valence-corrected chi connectivity index (χ2v) is 9.05. The lowest BCUT2D eigenvalue weighted by Gasteiger charge is -2.21. The summed E-state index contributed by atoms with van der Waals surface area (Å²) < 4.78 is 1.03. The topological polar surface area (TPSA) is 80.6 Å². The Hall–Kier alpha value is -2.58. The van der Waals surface area contributed by atoms with Crippen molar-refractivity contribution in [3.63, 3.8) is 0 Å². The molecule has 0 aliphatic carbocycles. The minimum Gasteiger partial charge on any atom is -0.271 e. The molecule has 0 amide bonds. The molecule has 0 radical (unpaired) electrons. The second-order valence-electron chi connectivity index (χ2n) is 6.76. The van der Waals surface area contributed by atoms with Gasteiger partial charge in [0.15, 0.2) is 0 Å². The quantitative estimate of drug-likeness (QED) is 0.364. The lowest BCUT2D eigenvalue weighted by molar-refractivity contribution is 0.749. The minimum absolute atomic E-state index is 0.173. The number of rotatable bonds is 6. The van der Waals surface area contributed by atoms with E-state index in [0.717, 1.165) is 21.5 Å². The van der Waals surface area contributed by atoms with Gasteiger partial charge in [0.2, 0.25) is 0 Å². The number of aromatic nitrogens is 4. The Kier molecular flexibility index (Phi) is 7.01. The lowest BCUT2D eigenvalue weighted by atomic mass is 9.92. The Labute approximate surface area is 202 Å². The van der Waals surface area contributed by atoms with Crippen molar-refractivity contribution < 1.29 is 0 Å². The summed E-state index contributed by atoms with van der Waals surface area (Å²) in [6, 6.07) is 16.4. The highest BCUT2D eigenvalue weighted by Crippen LogP contribution is 2.40. The molecule has 0 fully saturated rings. The van der Waals surface area contributed by atoms with Crippen LogP contribution in [0.4, 0.5) is 0 Å². The highest BCUT2D eigenvalue weighted by molar-refractivity contribution is 7.99. The van der Waals surface area contributed by atoms with Gasteiger partial charge in [-0.15, -0.1) is 11.8 Å². The molecule has 0 saturated carbocycles. The predicted octanol–water partition coefficient (Wildman–Crippen LogP) is 5.20. The molecule has 162 valence electrons. The van der Waals surface area contributed by atoms with E-state index in [4.69, 9.17) is 34.8 Å². The van der Waals surface area contributed by atoms with Crippen LogP contribution in [0.25, 0.3) is 5.69 Å². The second kappa shape index (κ2) is 9.92. The smallest absolute Gasteiger partial charge is 0.271 e. The van der Waals surface area contributed by atoms with E-state index in [1.807, 2.05) is 42.5 Å². The first-order valence-electron chi connectivity index (χ1n) is 9.39. The number of halogens is 3. The van der Waals surface area contributed by atoms with Crippen LogP contribution >= 0.6 is 46.6 Å². The molecule has 2 heterocycles. The molecule has 1 unspecified atom stereocenters. The summed E-state index contributed by atoms with van der Waals surface area (Å²) in [6.07, 6.45) is 2.75. The van der Waals surface area contributed by atoms with E-state index in [1.165, 1.54) is 0 Å². The zero-order chi connectivity index (χ0) is 22.7. The normalized spacial score (nSPS) is 12.0. The third-order valence-electron chi connectivity index (χ3n) is 4.68. The number of thioether (sulfide) groups is 1. The van der Waals surface area contributed by atoms with Crippen molar-refractivity contribution in [2.45, 2.75) is 10.9 Å². The Morgan fingerprint density at radius 2 is 1.72 bits per heavy atom. The van der Waals surface area contributed by atoms with Gasteiger partial charge in [0.05, 0.1) is 10.7 Å². The van der Waals surface area contributed by atoms with E-state index in [1.54, 1.807) is 30.1 Å². The predicted molar refractivity (Wildman–Crippen MR) is 129 cm³/mol. The third kappa shape index (κ3) is 5.07. The summed E-state index contributed by atoms with van der Waals surface area (Å²) >= 11 is 21.0. The van der Waals surface area contributed by atoms with Gasteiger partial charge in [0.1, 0.15) is 6.20 Å². The molecule has 0 saturated heterocycles. The SMILES string of the molecule is O=c1cnn(-c2cc(Cl)c(C(CSc3ccccn3)c3ccc(Cl)cc3)c(Cl)c2)c(=O)[nH]1. The maximum absolute atomic E-state index is 12.1. The van der Waals surface area contributed by atoms with Crippen molar-refractivity contribution in [2.24, 2.45) is 0 Å². The summed E-state index contributed by atoms with van der Waals surface area (Å²) in [7, 11) is 0. The van der Waals surface area contributed by atoms with Crippen LogP contribution in [0, 0.1) is 0 Å². The summed E-state index contributed by atoms with van der Waals surface area (Å²) in [5, 5.41) is 6.10. The Morgan fingerprint density at radius 1 is 1.00 bits per heavy atom. The fourth-order valence-electron chi connectivity index (χ4n) is 3.21. The standard InChI is InChI=1S/C22H15Cl3N4O2S/c23-14-6-4-13(5-7-14)16(12-32-20-3-1-2-8-26-20)21-17(24)9-15(10-18(21)25)29-22(31)28-19(30)11-27-29/h1-11,16H,12H2,(H,28,30,31). The first-order valence-corrected chi connectivity index (χ1v) is 11.5. The molecular weight excluding hydrogens is 491 g/mol. The van der Waals surface area contributed by atoms with Gasteiger partial charge >= 0.3 is 5.69 Å². The van der Waals surface area contributed by atoms with Crippen LogP contribution in [-0.4, -0.2) is 25.5 Å². The van der Waals surface area contributed by atoms with Crippen LogP contribution in [0.1, 0.15) is 17.0 Å². The van der Waals surface area contributed by atoms with Crippen molar-refractivity contribution in [3.05, 3.63) is 114 Å². The van der Waals surface area contributed by atoms with E-state index in [0.29, 0.717) is 32.1 Å². The first-order chi connectivity index (χ1) is 15.4. The van der Waals surface area contributed by atoms with Crippen LogP contribution < -0.4 is 11.2 Å². The van der Waals surface area contributed by atoms with Crippen LogP contribution in [0.5, 0.6) is 0 Å². The zero-order valence-corrected chi connectivity index (χ0v) is 19.4. The van der Waals surface area contributed by atoms with Crippen molar-refractivity contribution in [2.75, 3.05) is 5.75 Å². The van der Waals surface area contributed by atoms with Gasteiger partial charge in [-0.25, -0.2) is 9.78 Å². The highest BCUT2D eigenvalue weighted by Gasteiger charge is 2.22. The van der Waals surface area contributed by atoms with E-state index in [2.05, 4.69) is 15.1 Å². The maximum atomic E-state index is 12.1. The van der Waals surface area contributed by atoms with E-state index < -0.39 is 11.2 Å². The number of H-pyrrole nitrogens is 1. The molecule has 1 N–H and O–H groups in total. The maximum Gasteiger partial charge on any atom is 0.349 e. The molecule has 0 bridgehead atoms. The molecule has 0 spiro atoms. The molecule has 2 aromatic carbocycles. The molecule has 10 heteroatoms. The van der Waals surface area contributed by atoms with Crippen molar-refractivity contribution in [3.8, 4) is 5.69 Å². The molecule has 1 atom stereocenters. The molecule has 6 nitrogen and oxygen atoms in total. The highest BCUT2D eigenvalue weighted by atomic mass is 35.5. The Morgan fingerprint density at radius 3 is 2.34 bits per heavy atom. The van der Waals surface area contributed by atoms with Gasteiger partial charge in [-0.05, 0) is 47.5 Å². The molecular formula is C22H15Cl3N4O2S. The van der Waals surface area contributed by atoms with Gasteiger partial charge in [0, 0.05) is 32.9 Å². The van der Waals surface area contributed by atoms with Gasteiger partial charge < -0.3 is 0 Å². The molecule has 4 aromatic rings. The summed E-state index contributed by atoms with van der Waals surface area (Å²) in [6.45, 7) is 0. The number of nitrogens with one attached hydrogen (secondary N) is 1. The Balaban J connectivity index is 1.76. The number of hydrogen-bond donors (Lipinski definition) is 1. The Bertz CT molecular complexity index is 1340. The molecule has 4 rings (SSSR count). The number of nitrogens with zero attached hydrogens (tertiary/aromatic N) is 3. The molecule has 32 heavy (non-hydrogen) atoms. The number of hydrogen-bond acceptors (Lipinski definition) is 5. The van der Waals surface area contributed by atoms with Gasteiger partial charge in [0.25, 0.3) is 5.56 Å². The third-order valence-corrected chi connectivity index (χ3v) is 6.59. The summed E-state index contributed by atoms with van der Waals surface area (Å²) in [5.74, 6) is 0.447. The van der Waals surface area contributed by atoms with Crippen molar-refractivity contribution in [1.29, 1.82) is 0 Å². The number of benzene rings is 2. The van der Waals surface area contributed by atoms with Crippen LogP contribution in [0.3, 0.4) is 0 Å². The largest absolute Gasteiger partial charge is 0.349 e. The average Bonchev–Trinajstić information content (AvgIpc) is 2.77. The zero-order valence-electron chi connectivity index (χ0n) is 16.3. The number of aromatic amines is 1. The number of pyridine rings is 1. The van der Waals surface area contributed by atoms with Crippen LogP contribution in [0.15, 0.2) is 81.6 Å². The molecule has 0 aliphatic heterocycles. The van der Waals surface area contributed by atoms with Gasteiger partial charge in [-0.2, -0.15) is 9.78 Å². The van der Waals surface area contributed by atoms with Crippen LogP contribution in [-0.2, 0) is 0 Å². The minimum atomic E-state index is -0.683. The molecule has 0 aliphatic rings. The summed E-state index contributed by atoms with van der Waals surface area (Å²) in [5.41, 5.74) is 0.762. The van der Waals surface area contributed by atoms with E-state index in [9.17, 15) is 9.59 Å². The van der Waals surface area contributed by atoms with Gasteiger partial charge in [-0.3, -0.25) is 9.78 Å². The van der Waals surface area contributed by atoms with E-state index >= 15 is 0 Å². The monoisotopic (exact) mass is 504 g/mol. The first kappa shape index (κ1) is 22.6. The average molecular weight is 506 g/mol. The fraction of sp³-hybridized carbons (Fsp3) is 0.0909. The summed E-state index contributed by atoms with van der Waals surface area (Å²) in [4.78, 5) is 30.0. The van der Waals surface area contributed by atoms with Crippen molar-refractivity contribution in [1.82, 2.24) is 19.7 Å². The lowest BCUT2D eigenvalue weighted by Crippen LogP contribution is -2.30.